The fraction of sp³-hybridized carbons (Fsp3) is 0.714. The summed E-state index contributed by atoms with van der Waals surface area (Å²) in [6, 6.07) is 0.368. The summed E-state index contributed by atoms with van der Waals surface area (Å²) in [6.45, 7) is 9.26. The number of nitrogens with zero attached hydrogens (tertiary/aromatic N) is 2. The molecule has 0 aromatic carbocycles. The van der Waals surface area contributed by atoms with Gasteiger partial charge in [-0.25, -0.2) is 0 Å². The van der Waals surface area contributed by atoms with E-state index in [1.807, 2.05) is 17.1 Å². The Balaban J connectivity index is 1.73. The molecule has 3 aliphatic rings. The van der Waals surface area contributed by atoms with Crippen LogP contribution in [0.2, 0.25) is 0 Å². The summed E-state index contributed by atoms with van der Waals surface area (Å²) in [6.07, 6.45) is 13.4. The minimum absolute atomic E-state index is 0.0367. The lowest BCUT2D eigenvalue weighted by Gasteiger charge is -2.42. The van der Waals surface area contributed by atoms with Crippen molar-refractivity contribution in [1.82, 2.24) is 9.80 Å². The maximum atomic E-state index is 13.4. The van der Waals surface area contributed by atoms with Crippen LogP contribution >= 0.6 is 0 Å². The van der Waals surface area contributed by atoms with Gasteiger partial charge in [-0.05, 0) is 44.9 Å². The molecule has 4 heteroatoms. The molecular formula is C21H32N2O2. The number of piperidine rings is 1. The number of likely N-dealkylation sites (tertiary alicyclic amines) is 2. The molecule has 2 aliphatic heterocycles. The van der Waals surface area contributed by atoms with Crippen molar-refractivity contribution in [3.05, 3.63) is 25.3 Å². The van der Waals surface area contributed by atoms with Gasteiger partial charge in [0.15, 0.2) is 0 Å². The number of hydrogen-bond donors (Lipinski definition) is 0. The fourth-order valence-electron chi connectivity index (χ4n) is 5.19. The lowest BCUT2D eigenvalue weighted by atomic mass is 9.86. The third-order valence-corrected chi connectivity index (χ3v) is 6.47. The Labute approximate surface area is 151 Å². The van der Waals surface area contributed by atoms with E-state index in [0.29, 0.717) is 25.4 Å². The van der Waals surface area contributed by atoms with E-state index in [2.05, 4.69) is 18.1 Å². The van der Waals surface area contributed by atoms with Crippen molar-refractivity contribution in [2.75, 3.05) is 13.1 Å². The van der Waals surface area contributed by atoms with Crippen LogP contribution in [0.5, 0.6) is 0 Å². The first-order valence-electron chi connectivity index (χ1n) is 9.94. The smallest absolute Gasteiger partial charge is 0.227 e. The van der Waals surface area contributed by atoms with E-state index in [0.717, 1.165) is 45.1 Å². The summed E-state index contributed by atoms with van der Waals surface area (Å²) in [7, 11) is 0. The molecule has 1 saturated carbocycles. The van der Waals surface area contributed by atoms with Crippen LogP contribution in [-0.2, 0) is 9.59 Å². The third kappa shape index (κ3) is 3.54. The van der Waals surface area contributed by atoms with Gasteiger partial charge in [-0.3, -0.25) is 9.59 Å². The van der Waals surface area contributed by atoms with Gasteiger partial charge >= 0.3 is 0 Å². The van der Waals surface area contributed by atoms with Gasteiger partial charge in [0.25, 0.3) is 0 Å². The Morgan fingerprint density at radius 2 is 1.80 bits per heavy atom. The number of hydrogen-bond acceptors (Lipinski definition) is 2. The second-order valence-electron chi connectivity index (χ2n) is 8.02. The Morgan fingerprint density at radius 1 is 1.12 bits per heavy atom. The molecule has 0 spiro atoms. The van der Waals surface area contributed by atoms with Crippen LogP contribution in [0.15, 0.2) is 25.3 Å². The average Bonchev–Trinajstić information content (AvgIpc) is 3.26. The van der Waals surface area contributed by atoms with Crippen molar-refractivity contribution in [1.29, 1.82) is 0 Å². The van der Waals surface area contributed by atoms with Crippen molar-refractivity contribution in [3.8, 4) is 0 Å². The van der Waals surface area contributed by atoms with Gasteiger partial charge in [-0.15, -0.1) is 13.2 Å². The van der Waals surface area contributed by atoms with Crippen LogP contribution in [0.1, 0.15) is 64.2 Å². The van der Waals surface area contributed by atoms with E-state index in [1.165, 1.54) is 12.8 Å². The van der Waals surface area contributed by atoms with Gasteiger partial charge in [0.05, 0.1) is 5.92 Å². The van der Waals surface area contributed by atoms with Crippen molar-refractivity contribution in [2.45, 2.75) is 75.8 Å². The predicted molar refractivity (Wildman–Crippen MR) is 100.0 cm³/mol. The molecule has 1 aliphatic carbocycles. The van der Waals surface area contributed by atoms with Crippen LogP contribution in [-0.4, -0.2) is 46.3 Å². The van der Waals surface area contributed by atoms with Gasteiger partial charge in [0.2, 0.25) is 11.8 Å². The molecule has 0 N–H and O–H groups in total. The normalized spacial score (nSPS) is 26.9. The van der Waals surface area contributed by atoms with E-state index in [1.54, 1.807) is 0 Å². The summed E-state index contributed by atoms with van der Waals surface area (Å²) in [5.74, 6) is 0.461. The second-order valence-corrected chi connectivity index (χ2v) is 8.02. The molecule has 0 aromatic rings. The van der Waals surface area contributed by atoms with E-state index < -0.39 is 0 Å². The van der Waals surface area contributed by atoms with Gasteiger partial charge in [0, 0.05) is 31.1 Å². The molecule has 2 amide bonds. The Hall–Kier alpha value is -1.58. The summed E-state index contributed by atoms with van der Waals surface area (Å²) in [4.78, 5) is 29.9. The molecule has 2 heterocycles. The third-order valence-electron chi connectivity index (χ3n) is 6.47. The SMILES string of the molecule is C=CCC1(CC=C)CCCN1C(=O)C1CCC(=O)N(C2CCCC2)C1. The largest absolute Gasteiger partial charge is 0.339 e. The maximum absolute atomic E-state index is 13.4. The Morgan fingerprint density at radius 3 is 2.44 bits per heavy atom. The molecule has 0 radical (unpaired) electrons. The standard InChI is InChI=1S/C21H32N2O2/c1-3-12-21(13-4-2)14-7-15-23(21)20(25)17-10-11-19(24)22(16-17)18-8-5-6-9-18/h3-4,17-18H,1-2,5-16H2. The minimum atomic E-state index is -0.139. The topological polar surface area (TPSA) is 40.6 Å². The molecular weight excluding hydrogens is 312 g/mol. The molecule has 3 rings (SSSR count). The quantitative estimate of drug-likeness (QED) is 0.690. The first-order valence-corrected chi connectivity index (χ1v) is 9.94. The van der Waals surface area contributed by atoms with Gasteiger partial charge in [0.1, 0.15) is 0 Å². The molecule has 1 atom stereocenters. The molecule has 0 aromatic heterocycles. The van der Waals surface area contributed by atoms with E-state index in [4.69, 9.17) is 0 Å². The van der Waals surface area contributed by atoms with Crippen LogP contribution in [0, 0.1) is 5.92 Å². The van der Waals surface area contributed by atoms with Gasteiger partial charge < -0.3 is 9.80 Å². The van der Waals surface area contributed by atoms with Crippen LogP contribution in [0.4, 0.5) is 0 Å². The Bertz CT molecular complexity index is 526. The highest BCUT2D eigenvalue weighted by Gasteiger charge is 2.45. The molecule has 4 nitrogen and oxygen atoms in total. The van der Waals surface area contributed by atoms with Crippen molar-refractivity contribution in [2.24, 2.45) is 5.92 Å². The van der Waals surface area contributed by atoms with E-state index in [9.17, 15) is 9.59 Å². The second kappa shape index (κ2) is 7.76. The molecule has 3 fully saturated rings. The average molecular weight is 344 g/mol. The molecule has 25 heavy (non-hydrogen) atoms. The first kappa shape index (κ1) is 18.2. The van der Waals surface area contributed by atoms with Crippen molar-refractivity contribution < 1.29 is 9.59 Å². The van der Waals surface area contributed by atoms with Crippen LogP contribution in [0.25, 0.3) is 0 Å². The molecule has 1 unspecified atom stereocenters. The Kier molecular flexibility index (Phi) is 5.65. The maximum Gasteiger partial charge on any atom is 0.227 e. The summed E-state index contributed by atoms with van der Waals surface area (Å²) >= 11 is 0. The van der Waals surface area contributed by atoms with Crippen molar-refractivity contribution >= 4 is 11.8 Å². The van der Waals surface area contributed by atoms with Crippen LogP contribution < -0.4 is 0 Å². The summed E-state index contributed by atoms with van der Waals surface area (Å²) < 4.78 is 0. The predicted octanol–water partition coefficient (Wildman–Crippen LogP) is 3.68. The zero-order chi connectivity index (χ0) is 17.9. The first-order chi connectivity index (χ1) is 12.1. The molecule has 138 valence electrons. The fourth-order valence-corrected chi connectivity index (χ4v) is 5.19. The summed E-state index contributed by atoms with van der Waals surface area (Å²) in [5, 5.41) is 0. The highest BCUT2D eigenvalue weighted by Crippen LogP contribution is 2.39. The van der Waals surface area contributed by atoms with E-state index >= 15 is 0 Å². The van der Waals surface area contributed by atoms with Gasteiger partial charge in [-0.2, -0.15) is 0 Å². The van der Waals surface area contributed by atoms with Gasteiger partial charge in [-0.1, -0.05) is 25.0 Å². The number of carbonyl (C=O) groups excluding carboxylic acids is 2. The lowest BCUT2D eigenvalue weighted by Crippen LogP contribution is -2.54. The van der Waals surface area contributed by atoms with Crippen LogP contribution in [0.3, 0.4) is 0 Å². The highest BCUT2D eigenvalue weighted by molar-refractivity contribution is 5.84. The number of rotatable bonds is 6. The molecule has 2 saturated heterocycles. The number of amides is 2. The zero-order valence-corrected chi connectivity index (χ0v) is 15.4. The zero-order valence-electron chi connectivity index (χ0n) is 15.4. The molecule has 0 bridgehead atoms. The summed E-state index contributed by atoms with van der Waals surface area (Å²) in [5.41, 5.74) is -0.139. The number of carbonyl (C=O) groups is 2. The highest BCUT2D eigenvalue weighted by atomic mass is 16.2. The minimum Gasteiger partial charge on any atom is -0.339 e. The lowest BCUT2D eigenvalue weighted by molar-refractivity contribution is -0.147. The van der Waals surface area contributed by atoms with Crippen molar-refractivity contribution in [3.63, 3.8) is 0 Å². The monoisotopic (exact) mass is 344 g/mol. The van der Waals surface area contributed by atoms with E-state index in [-0.39, 0.29) is 23.3 Å².